The summed E-state index contributed by atoms with van der Waals surface area (Å²) < 4.78 is 138. The van der Waals surface area contributed by atoms with Gasteiger partial charge in [-0.3, -0.25) is 19.2 Å². The standard InChI is InChI=1S/C80H134N4O59/c1-17-37(97)47(107)54(114)74(123-17)138-63-30(14-92)132-73(36(84-22(6)96)65(63)140-80-68(51(111)41(101)25(9-87)129-80)143-75-55(115)48(108)38(98)18(2)124-75)142-67-44(104)32(134-79(59(67)119)137-62-27(11-89)125-69(120)53(113)52(62)112)16-122-71-34(82-20(4)94)46(106)61(29(13-91)131-71)136-78-58(118)66(141-72-35(83-21(5)95)64(42(102)26(10-88)126-72)139-77-57(117)50(110)40(100)24(8-86)128-77)43(103)31(133-78)15-121-70-33(81-19(3)93)45(105)60(28(12-90)130-70)135-76-56(116)49(109)39(99)23(7-85)127-76/h17-18,23-80,85-92,97-120H,7-16H2,1-6H3,(H,81,93)(H,82,94)(H,83,95)(H,84,96)/t17-,18-,23+,24+,25+,26+,27+,28+,29+,30+,31+,32+,33+,34+,35+,36+,37+,38+,39-,40-,41-,42+,43-,44-,45+,46+,47+,48+,49-,50-,51-,52+,53+,54-,55-,56+,57+,58+,59+,60+,61+,62+,63+,64+,65+,66-,67-,68+,69?,70+,71+,72-,73-,74-,75-,76-,77-,78-,79-,80-/m0/s1. The van der Waals surface area contributed by atoms with Gasteiger partial charge in [-0.15, -0.1) is 0 Å². The van der Waals surface area contributed by atoms with Crippen LogP contribution >= 0.6 is 0 Å². The van der Waals surface area contributed by atoms with Crippen LogP contribution in [-0.4, -0.2) is 621 Å². The zero-order valence-electron chi connectivity index (χ0n) is 77.0. The molecule has 12 fully saturated rings. The van der Waals surface area contributed by atoms with Crippen LogP contribution in [0.15, 0.2) is 0 Å². The van der Waals surface area contributed by atoms with Crippen LogP contribution in [0.5, 0.6) is 0 Å². The lowest BCUT2D eigenvalue weighted by atomic mass is 9.93. The first-order valence-electron chi connectivity index (χ1n) is 45.9. The van der Waals surface area contributed by atoms with E-state index in [4.69, 9.17) is 109 Å². The summed E-state index contributed by atoms with van der Waals surface area (Å²) in [6.07, 6.45) is -119. The number of amides is 4. The average Bonchev–Trinajstić information content (AvgIpc) is 0.775. The number of aliphatic hydroxyl groups is 32. The summed E-state index contributed by atoms with van der Waals surface area (Å²) in [5.41, 5.74) is 0. The van der Waals surface area contributed by atoms with Gasteiger partial charge in [0.25, 0.3) is 0 Å². The van der Waals surface area contributed by atoms with Crippen LogP contribution in [0, 0.1) is 0 Å². The van der Waals surface area contributed by atoms with Crippen LogP contribution < -0.4 is 21.3 Å². The molecule has 0 aliphatic carbocycles. The summed E-state index contributed by atoms with van der Waals surface area (Å²) in [5, 5.41) is 369. The summed E-state index contributed by atoms with van der Waals surface area (Å²) in [5.74, 6) is -4.09. The van der Waals surface area contributed by atoms with Gasteiger partial charge in [-0.1, -0.05) is 0 Å². The Morgan fingerprint density at radius 1 is 0.196 bits per heavy atom. The first-order chi connectivity index (χ1) is 67.6. The lowest BCUT2D eigenvalue weighted by molar-refractivity contribution is -0.401. The number of carbonyl (C=O) groups excluding carboxylic acids is 4. The summed E-state index contributed by atoms with van der Waals surface area (Å²) in [4.78, 5) is 53.6. The molecule has 12 aliphatic heterocycles. The molecule has 36 N–H and O–H groups in total. The second kappa shape index (κ2) is 51.0. The maximum absolute atomic E-state index is 13.8. The molecular formula is C80H134N4O59. The monoisotopic (exact) mass is 2090 g/mol. The van der Waals surface area contributed by atoms with Gasteiger partial charge in [-0.05, 0) is 13.8 Å². The second-order valence-electron chi connectivity index (χ2n) is 36.6. The van der Waals surface area contributed by atoms with Crippen LogP contribution in [-0.2, 0) is 128 Å². The molecule has 0 radical (unpaired) electrons. The molecule has 0 aromatic heterocycles. The first-order valence-corrected chi connectivity index (χ1v) is 45.9. The quantitative estimate of drug-likeness (QED) is 0.0277. The Balaban J connectivity index is 0.869. The smallest absolute Gasteiger partial charge is 0.217 e. The van der Waals surface area contributed by atoms with Crippen LogP contribution in [0.4, 0.5) is 0 Å². The molecule has 60 atom stereocenters. The van der Waals surface area contributed by atoms with Gasteiger partial charge in [-0.25, -0.2) is 0 Å². The van der Waals surface area contributed by atoms with E-state index < -0.39 is 458 Å². The number of carbonyl (C=O) groups is 4. The van der Waals surface area contributed by atoms with Gasteiger partial charge in [0.2, 0.25) is 23.6 Å². The zero-order valence-corrected chi connectivity index (χ0v) is 77.0. The van der Waals surface area contributed by atoms with E-state index in [1.54, 1.807) is 0 Å². The third-order valence-corrected chi connectivity index (χ3v) is 26.6. The molecule has 63 heteroatoms. The van der Waals surface area contributed by atoms with Crippen molar-refractivity contribution in [2.75, 3.05) is 66.1 Å². The Kier molecular flexibility index (Phi) is 41.8. The van der Waals surface area contributed by atoms with Gasteiger partial charge in [0.15, 0.2) is 75.5 Å². The van der Waals surface area contributed by atoms with Crippen molar-refractivity contribution < 1.29 is 292 Å². The predicted octanol–water partition coefficient (Wildman–Crippen LogP) is -24.5. The number of rotatable bonds is 36. The van der Waals surface area contributed by atoms with Crippen LogP contribution in [0.1, 0.15) is 41.5 Å². The molecule has 828 valence electrons. The first kappa shape index (κ1) is 117. The highest BCUT2D eigenvalue weighted by Crippen LogP contribution is 2.43. The second-order valence-corrected chi connectivity index (χ2v) is 36.6. The lowest BCUT2D eigenvalue weighted by Crippen LogP contribution is -2.71. The van der Waals surface area contributed by atoms with Crippen LogP contribution in [0.25, 0.3) is 0 Å². The summed E-state index contributed by atoms with van der Waals surface area (Å²) >= 11 is 0. The number of aliphatic hydroxyl groups excluding tert-OH is 32. The molecule has 0 spiro atoms. The van der Waals surface area contributed by atoms with Gasteiger partial charge in [-0.2, -0.15) is 0 Å². The van der Waals surface area contributed by atoms with Crippen molar-refractivity contribution in [2.45, 2.75) is 410 Å². The molecule has 0 bridgehead atoms. The SMILES string of the molecule is CC(=O)N[C@H]1[C@H](OC[C@H]2O[C@@H](O[C@H]3[C@H](O)[C@@H](NC(C)=O)[C@H](OC[C@H]4O[C@@H](O[C@H]5[C@H](O)[C@@H](O)C(O)O[C@@H]5CO)[C@H](O)[C@@H](O[C@@H]5O[C@H](CO)[C@@H](O[C@@H]6O[C@@H](C)[C@@H](O)[C@@H](O)[C@@H]6O)[C@H](O[C@@H]6O[C@H](CO)[C@H](O)[C@H](O)[C@H]6O[C@@H]6O[C@@H](C)[C@@H](O)[C@@H](O)[C@@H]6O)[C@H]5NC(C)=O)[C@H]4O)O[C@@H]3CO)[C@H](O)[C@@H](O[C@@H]3O[C@H](CO)[C@@H](O)[C@H](O[C@@H]4O[C@H](CO)[C@H](O)[C@H](O)[C@H]4O)[C@H]3NC(C)=O)[C@H]2O)O[C@H](CO)[C@@H](O[C@@H]2O[C@H](CO)[C@H](O)[C@H](O)[C@H]2O)[C@@H]1O. The zero-order chi connectivity index (χ0) is 105. The minimum absolute atomic E-state index is 0.876. The Morgan fingerprint density at radius 3 is 0.825 bits per heavy atom. The fourth-order valence-corrected chi connectivity index (χ4v) is 18.7. The van der Waals surface area contributed by atoms with Crippen molar-refractivity contribution in [3.05, 3.63) is 0 Å². The van der Waals surface area contributed by atoms with Crippen LogP contribution in [0.3, 0.4) is 0 Å². The van der Waals surface area contributed by atoms with Crippen LogP contribution in [0.2, 0.25) is 0 Å². The highest BCUT2D eigenvalue weighted by atomic mass is 16.8. The van der Waals surface area contributed by atoms with Crippen molar-refractivity contribution in [1.29, 1.82) is 0 Å². The topological polar surface area (TPSA) is 976 Å². The Bertz CT molecular complexity index is 3960. The maximum Gasteiger partial charge on any atom is 0.217 e. The van der Waals surface area contributed by atoms with E-state index in [9.17, 15) is 183 Å². The van der Waals surface area contributed by atoms with Gasteiger partial charge < -0.3 is 294 Å². The molecule has 0 aromatic carbocycles. The van der Waals surface area contributed by atoms with E-state index in [0.717, 1.165) is 27.7 Å². The van der Waals surface area contributed by atoms with Crippen molar-refractivity contribution in [1.82, 2.24) is 21.3 Å². The summed E-state index contributed by atoms with van der Waals surface area (Å²) in [6.45, 7) is -5.58. The van der Waals surface area contributed by atoms with Crippen molar-refractivity contribution in [3.63, 3.8) is 0 Å². The number of nitrogens with one attached hydrogen (secondary N) is 4. The van der Waals surface area contributed by atoms with Gasteiger partial charge in [0.1, 0.15) is 281 Å². The van der Waals surface area contributed by atoms with Gasteiger partial charge in [0, 0.05) is 27.7 Å². The normalized spacial score (nSPS) is 50.7. The minimum Gasteiger partial charge on any atom is -0.394 e. The summed E-state index contributed by atoms with van der Waals surface area (Å²) in [7, 11) is 0. The molecule has 12 aliphatic rings. The number of hydrogen-bond acceptors (Lipinski definition) is 59. The Labute approximate surface area is 809 Å². The van der Waals surface area contributed by atoms with Crippen molar-refractivity contribution >= 4 is 23.6 Å². The fourth-order valence-electron chi connectivity index (χ4n) is 18.7. The highest BCUT2D eigenvalue weighted by molar-refractivity contribution is 5.74. The Hall–Kier alpha value is -4.32. The predicted molar refractivity (Wildman–Crippen MR) is 439 cm³/mol. The molecule has 0 aromatic rings. The van der Waals surface area contributed by atoms with E-state index in [-0.39, 0.29) is 0 Å². The summed E-state index contributed by atoms with van der Waals surface area (Å²) in [6, 6.07) is -8.16. The molecule has 4 amide bonds. The molecule has 1 unspecified atom stereocenters. The minimum atomic E-state index is -2.59. The molecule has 12 heterocycles. The lowest BCUT2D eigenvalue weighted by Gasteiger charge is -2.52. The molecular weight excluding hydrogens is 1960 g/mol. The van der Waals surface area contributed by atoms with Crippen molar-refractivity contribution in [2.24, 2.45) is 0 Å². The van der Waals surface area contributed by atoms with Gasteiger partial charge >= 0.3 is 0 Å². The van der Waals surface area contributed by atoms with E-state index in [0.29, 0.717) is 0 Å². The third-order valence-electron chi connectivity index (χ3n) is 26.6. The van der Waals surface area contributed by atoms with Gasteiger partial charge in [0.05, 0.1) is 78.3 Å². The van der Waals surface area contributed by atoms with E-state index >= 15 is 0 Å². The fraction of sp³-hybridized carbons (Fsp3) is 0.950. The highest BCUT2D eigenvalue weighted by Gasteiger charge is 2.64. The van der Waals surface area contributed by atoms with E-state index in [1.165, 1.54) is 13.8 Å². The molecule has 143 heavy (non-hydrogen) atoms. The molecule has 12 saturated heterocycles. The van der Waals surface area contributed by atoms with E-state index in [2.05, 4.69) is 21.3 Å². The largest absolute Gasteiger partial charge is 0.394 e. The van der Waals surface area contributed by atoms with E-state index in [1.807, 2.05) is 0 Å². The molecule has 63 nitrogen and oxygen atoms in total. The maximum atomic E-state index is 13.8. The average molecular weight is 2100 g/mol. The molecule has 12 rings (SSSR count). The number of ether oxygens (including phenoxy) is 23. The van der Waals surface area contributed by atoms with Crippen molar-refractivity contribution in [3.8, 4) is 0 Å². The Morgan fingerprint density at radius 2 is 0.441 bits per heavy atom. The molecule has 0 saturated carbocycles. The number of hydrogen-bond donors (Lipinski definition) is 36. The third kappa shape index (κ3) is 25.8.